The fourth-order valence-electron chi connectivity index (χ4n) is 1.56. The van der Waals surface area contributed by atoms with E-state index in [2.05, 4.69) is 10.3 Å². The van der Waals surface area contributed by atoms with E-state index in [9.17, 15) is 4.39 Å². The molecule has 0 N–H and O–H groups in total. The van der Waals surface area contributed by atoms with Gasteiger partial charge < -0.3 is 0 Å². The van der Waals surface area contributed by atoms with Crippen molar-refractivity contribution in [3.05, 3.63) is 47.0 Å². The molecule has 0 amide bonds. The quantitative estimate of drug-likeness (QED) is 0.787. The zero-order valence-corrected chi connectivity index (χ0v) is 10.4. The van der Waals surface area contributed by atoms with Crippen LogP contribution in [0.25, 0.3) is 0 Å². The Bertz CT molecular complexity index is 522. The first-order chi connectivity index (χ1) is 8.06. The van der Waals surface area contributed by atoms with Crippen LogP contribution in [0.4, 0.5) is 4.39 Å². The first-order valence-electron chi connectivity index (χ1n) is 5.35. The number of alkyl halides is 1. The second kappa shape index (κ2) is 4.84. The van der Waals surface area contributed by atoms with Crippen molar-refractivity contribution in [1.82, 2.24) is 15.0 Å². The lowest BCUT2D eigenvalue weighted by Crippen LogP contribution is -2.02. The molecule has 0 radical (unpaired) electrons. The van der Waals surface area contributed by atoms with Gasteiger partial charge in [0.15, 0.2) is 0 Å². The first-order valence-corrected chi connectivity index (χ1v) is 5.79. The second-order valence-corrected chi connectivity index (χ2v) is 4.68. The molecule has 0 aliphatic rings. The Morgan fingerprint density at radius 2 is 2.24 bits per heavy atom. The predicted octanol–water partition coefficient (Wildman–Crippen LogP) is 3.07. The Kier molecular flexibility index (Phi) is 3.43. The summed E-state index contributed by atoms with van der Waals surface area (Å²) in [6, 6.07) is 4.72. The van der Waals surface area contributed by atoms with Crippen molar-refractivity contribution in [1.29, 1.82) is 0 Å². The summed E-state index contributed by atoms with van der Waals surface area (Å²) >= 11 is 5.90. The van der Waals surface area contributed by atoms with E-state index in [0.717, 1.165) is 16.8 Å². The number of hydrogen-bond donors (Lipinski definition) is 0. The van der Waals surface area contributed by atoms with E-state index in [-0.39, 0.29) is 11.2 Å². The first kappa shape index (κ1) is 12.0. The van der Waals surface area contributed by atoms with E-state index in [1.807, 2.05) is 13.8 Å². The van der Waals surface area contributed by atoms with Crippen molar-refractivity contribution in [3.63, 3.8) is 0 Å². The van der Waals surface area contributed by atoms with Crippen LogP contribution < -0.4 is 0 Å². The second-order valence-electron chi connectivity index (χ2n) is 4.03. The normalized spacial score (nSPS) is 12.7. The molecule has 90 valence electrons. The van der Waals surface area contributed by atoms with E-state index in [0.29, 0.717) is 6.54 Å². The van der Waals surface area contributed by atoms with Gasteiger partial charge in [0.1, 0.15) is 11.5 Å². The lowest BCUT2D eigenvalue weighted by atomic mass is 10.1. The highest BCUT2D eigenvalue weighted by molar-refractivity contribution is 6.20. The molecule has 1 heterocycles. The number of benzene rings is 1. The van der Waals surface area contributed by atoms with Crippen LogP contribution in [0, 0.1) is 12.7 Å². The summed E-state index contributed by atoms with van der Waals surface area (Å²) in [5.41, 5.74) is 2.65. The van der Waals surface area contributed by atoms with Gasteiger partial charge >= 0.3 is 0 Å². The molecule has 3 nitrogen and oxygen atoms in total. The Morgan fingerprint density at radius 1 is 1.47 bits per heavy atom. The van der Waals surface area contributed by atoms with E-state index < -0.39 is 0 Å². The summed E-state index contributed by atoms with van der Waals surface area (Å²) < 4.78 is 14.8. The summed E-state index contributed by atoms with van der Waals surface area (Å²) in [6.45, 7) is 4.28. The molecule has 0 aliphatic carbocycles. The molecule has 0 fully saturated rings. The van der Waals surface area contributed by atoms with E-state index >= 15 is 0 Å². The Hall–Kier alpha value is -1.42. The van der Waals surface area contributed by atoms with Gasteiger partial charge in [0.2, 0.25) is 0 Å². The molecule has 17 heavy (non-hydrogen) atoms. The number of hydrogen-bond acceptors (Lipinski definition) is 2. The predicted molar refractivity (Wildman–Crippen MR) is 64.5 cm³/mol. The van der Waals surface area contributed by atoms with Crippen LogP contribution in [0.3, 0.4) is 0 Å². The van der Waals surface area contributed by atoms with E-state index in [4.69, 9.17) is 11.6 Å². The molecule has 1 atom stereocenters. The minimum atomic E-state index is -0.239. The number of nitrogens with zero attached hydrogens (tertiary/aromatic N) is 3. The monoisotopic (exact) mass is 253 g/mol. The van der Waals surface area contributed by atoms with Crippen LogP contribution in [0.5, 0.6) is 0 Å². The van der Waals surface area contributed by atoms with Gasteiger partial charge in [-0.1, -0.05) is 11.3 Å². The van der Waals surface area contributed by atoms with Crippen molar-refractivity contribution < 1.29 is 4.39 Å². The van der Waals surface area contributed by atoms with Gasteiger partial charge in [-0.25, -0.2) is 9.07 Å². The van der Waals surface area contributed by atoms with Gasteiger partial charge in [0.25, 0.3) is 0 Å². The number of aromatic nitrogens is 3. The number of rotatable bonds is 3. The van der Waals surface area contributed by atoms with Gasteiger partial charge in [-0.3, -0.25) is 0 Å². The van der Waals surface area contributed by atoms with E-state index in [1.165, 1.54) is 12.1 Å². The Labute approximate surface area is 104 Å². The average Bonchev–Trinajstić information content (AvgIpc) is 2.72. The molecule has 1 aromatic carbocycles. The van der Waals surface area contributed by atoms with Crippen molar-refractivity contribution in [2.24, 2.45) is 0 Å². The van der Waals surface area contributed by atoms with Gasteiger partial charge in [0.05, 0.1) is 18.1 Å². The molecule has 0 bridgehead atoms. The number of halogens is 2. The molecular weight excluding hydrogens is 241 g/mol. The SMILES string of the molecule is Cc1ccc(F)cc1Cn1cc(C(C)Cl)nn1. The summed E-state index contributed by atoms with van der Waals surface area (Å²) in [5.74, 6) is -0.239. The topological polar surface area (TPSA) is 30.7 Å². The smallest absolute Gasteiger partial charge is 0.123 e. The van der Waals surface area contributed by atoms with E-state index in [1.54, 1.807) is 16.9 Å². The highest BCUT2D eigenvalue weighted by Crippen LogP contribution is 2.17. The zero-order valence-electron chi connectivity index (χ0n) is 9.69. The summed E-state index contributed by atoms with van der Waals surface area (Å²) in [6.07, 6.45) is 1.78. The number of aryl methyl sites for hydroxylation is 1. The summed E-state index contributed by atoms with van der Waals surface area (Å²) in [5, 5.41) is 7.75. The van der Waals surface area contributed by atoms with Crippen LogP contribution in [-0.2, 0) is 6.54 Å². The lowest BCUT2D eigenvalue weighted by Gasteiger charge is -2.05. The van der Waals surface area contributed by atoms with Crippen molar-refractivity contribution in [2.45, 2.75) is 25.8 Å². The van der Waals surface area contributed by atoms with Crippen LogP contribution in [0.15, 0.2) is 24.4 Å². The summed E-state index contributed by atoms with van der Waals surface area (Å²) in [7, 11) is 0. The fraction of sp³-hybridized carbons (Fsp3) is 0.333. The molecular formula is C12H13ClFN3. The van der Waals surface area contributed by atoms with Crippen LogP contribution in [-0.4, -0.2) is 15.0 Å². The van der Waals surface area contributed by atoms with Gasteiger partial charge in [-0.15, -0.1) is 16.7 Å². The molecule has 1 aromatic heterocycles. The fourth-order valence-corrected chi connectivity index (χ4v) is 1.66. The van der Waals surface area contributed by atoms with Crippen LogP contribution >= 0.6 is 11.6 Å². The van der Waals surface area contributed by atoms with Crippen molar-refractivity contribution in [2.75, 3.05) is 0 Å². The maximum Gasteiger partial charge on any atom is 0.123 e. The van der Waals surface area contributed by atoms with Crippen molar-refractivity contribution in [3.8, 4) is 0 Å². The molecule has 1 unspecified atom stereocenters. The highest BCUT2D eigenvalue weighted by Gasteiger charge is 2.08. The minimum absolute atomic E-state index is 0.169. The Morgan fingerprint density at radius 3 is 2.88 bits per heavy atom. The molecule has 0 saturated carbocycles. The van der Waals surface area contributed by atoms with Crippen molar-refractivity contribution >= 4 is 11.6 Å². The molecule has 0 saturated heterocycles. The standard InChI is InChI=1S/C12H13ClFN3/c1-8-3-4-11(14)5-10(8)6-17-7-12(9(2)13)15-16-17/h3-5,7,9H,6H2,1-2H3. The summed E-state index contributed by atoms with van der Waals surface area (Å²) in [4.78, 5) is 0. The zero-order chi connectivity index (χ0) is 12.4. The largest absolute Gasteiger partial charge is 0.248 e. The third-order valence-electron chi connectivity index (χ3n) is 2.61. The van der Waals surface area contributed by atoms with Gasteiger partial charge in [-0.05, 0) is 37.1 Å². The highest BCUT2D eigenvalue weighted by atomic mass is 35.5. The maximum absolute atomic E-state index is 13.1. The average molecular weight is 254 g/mol. The van der Waals surface area contributed by atoms with Gasteiger partial charge in [-0.2, -0.15) is 0 Å². The van der Waals surface area contributed by atoms with Crippen LogP contribution in [0.1, 0.15) is 29.1 Å². The minimum Gasteiger partial charge on any atom is -0.248 e. The molecule has 0 aliphatic heterocycles. The molecule has 2 aromatic rings. The third kappa shape index (κ3) is 2.82. The third-order valence-corrected chi connectivity index (χ3v) is 2.83. The molecule has 5 heteroatoms. The molecule has 0 spiro atoms. The van der Waals surface area contributed by atoms with Crippen LogP contribution in [0.2, 0.25) is 0 Å². The Balaban J connectivity index is 2.22. The lowest BCUT2D eigenvalue weighted by molar-refractivity contribution is 0.612. The maximum atomic E-state index is 13.1. The molecule has 2 rings (SSSR count). The van der Waals surface area contributed by atoms with Gasteiger partial charge in [0, 0.05) is 0 Å².